The lowest BCUT2D eigenvalue weighted by atomic mass is 10.2. The van der Waals surface area contributed by atoms with E-state index >= 15 is 0 Å². The highest BCUT2D eigenvalue weighted by molar-refractivity contribution is 7.11. The van der Waals surface area contributed by atoms with Crippen LogP contribution in [0.2, 0.25) is 5.02 Å². The Labute approximate surface area is 313 Å². The Morgan fingerprint density at radius 1 is 0.712 bits per heavy atom. The Bertz CT molecular complexity index is 1840. The zero-order valence-corrected chi connectivity index (χ0v) is 32.3. The number of aryl methyl sites for hydroxylation is 3. The van der Waals surface area contributed by atoms with Crippen molar-refractivity contribution in [2.24, 2.45) is 21.1 Å². The molecule has 4 rings (SSSR count). The van der Waals surface area contributed by atoms with Crippen LogP contribution >= 0.6 is 23.1 Å². The van der Waals surface area contributed by atoms with Crippen molar-refractivity contribution in [3.05, 3.63) is 64.6 Å². The lowest BCUT2D eigenvalue weighted by Crippen LogP contribution is -2.28. The SMILES string of the molecule is CCCCCCNCCNc1snc(C(=O)Nc2cc(C(=O)Nc3cc(C(=O)Nc4cc(C(=O)NCCCN(C)C)n(C)c4)n(C)c3)n(C)c2)c1Cl. The van der Waals surface area contributed by atoms with Crippen molar-refractivity contribution in [2.45, 2.75) is 39.0 Å². The zero-order valence-electron chi connectivity index (χ0n) is 30.7. The summed E-state index contributed by atoms with van der Waals surface area (Å²) in [7, 11) is 9.06. The van der Waals surface area contributed by atoms with Gasteiger partial charge in [0.05, 0.1) is 17.1 Å². The lowest BCUT2D eigenvalue weighted by molar-refractivity contribution is 0.0942. The van der Waals surface area contributed by atoms with Crippen molar-refractivity contribution in [1.82, 2.24) is 33.6 Å². The second-order valence-electron chi connectivity index (χ2n) is 12.9. The van der Waals surface area contributed by atoms with E-state index in [0.717, 1.165) is 44.0 Å². The Hall–Kier alpha value is -4.64. The first-order valence-electron chi connectivity index (χ1n) is 17.3. The number of rotatable bonds is 20. The fourth-order valence-corrected chi connectivity index (χ4v) is 6.49. The lowest BCUT2D eigenvalue weighted by Gasteiger charge is -2.10. The molecule has 17 heteroatoms. The zero-order chi connectivity index (χ0) is 37.8. The predicted molar refractivity (Wildman–Crippen MR) is 208 cm³/mol. The largest absolute Gasteiger partial charge is 0.373 e. The third-order valence-corrected chi connectivity index (χ3v) is 9.48. The first-order valence-corrected chi connectivity index (χ1v) is 18.5. The predicted octanol–water partition coefficient (Wildman–Crippen LogP) is 4.83. The monoisotopic (exact) mass is 755 g/mol. The third-order valence-electron chi connectivity index (χ3n) is 8.20. The molecule has 0 aliphatic rings. The third kappa shape index (κ3) is 11.2. The van der Waals surface area contributed by atoms with Gasteiger partial charge in [-0.1, -0.05) is 37.8 Å². The Kier molecular flexibility index (Phi) is 14.9. The first-order chi connectivity index (χ1) is 24.9. The van der Waals surface area contributed by atoms with Crippen LogP contribution in [-0.4, -0.2) is 93.4 Å². The summed E-state index contributed by atoms with van der Waals surface area (Å²) in [6.45, 7) is 5.96. The molecule has 15 nitrogen and oxygen atoms in total. The summed E-state index contributed by atoms with van der Waals surface area (Å²) in [5, 5.41) is 18.8. The van der Waals surface area contributed by atoms with Crippen LogP contribution in [-0.2, 0) is 21.1 Å². The normalized spacial score (nSPS) is 11.2. The Morgan fingerprint density at radius 3 is 1.79 bits per heavy atom. The van der Waals surface area contributed by atoms with E-state index < -0.39 is 17.7 Å². The highest BCUT2D eigenvalue weighted by Crippen LogP contribution is 2.30. The van der Waals surface area contributed by atoms with E-state index in [1.54, 1.807) is 71.6 Å². The number of hydrogen-bond acceptors (Lipinski definition) is 9. The van der Waals surface area contributed by atoms with Crippen LogP contribution in [0.25, 0.3) is 0 Å². The Morgan fingerprint density at radius 2 is 1.25 bits per heavy atom. The Balaban J connectivity index is 1.29. The maximum absolute atomic E-state index is 13.2. The van der Waals surface area contributed by atoms with Crippen LogP contribution in [0.1, 0.15) is 81.0 Å². The van der Waals surface area contributed by atoms with Crippen LogP contribution in [0.5, 0.6) is 0 Å². The van der Waals surface area contributed by atoms with Gasteiger partial charge in [0, 0.05) is 59.4 Å². The van der Waals surface area contributed by atoms with E-state index in [4.69, 9.17) is 11.6 Å². The van der Waals surface area contributed by atoms with Crippen molar-refractivity contribution in [3.8, 4) is 0 Å². The number of aromatic nitrogens is 4. The number of anilines is 4. The molecule has 0 bridgehead atoms. The number of halogens is 1. The molecule has 4 aromatic rings. The molecule has 0 radical (unpaired) electrons. The number of nitrogens with one attached hydrogen (secondary N) is 6. The molecule has 4 heterocycles. The van der Waals surface area contributed by atoms with Crippen LogP contribution < -0.4 is 31.9 Å². The topological polar surface area (TPSA) is 171 Å². The molecule has 0 spiro atoms. The van der Waals surface area contributed by atoms with Crippen molar-refractivity contribution in [1.29, 1.82) is 0 Å². The standard InChI is InChI=1S/C35H50ClN11O4S/c1-7-8-9-10-12-37-14-15-39-35-29(36)30(43-52-35)34(51)42-25-19-28(47(6)22-25)33(50)41-24-18-27(46(5)21-24)32(49)40-23-17-26(45(4)20-23)31(48)38-13-11-16-44(2)3/h17-22,37,39H,7-16H2,1-6H3,(H,38,48)(H,40,49)(H,41,50)(H,42,51). The molecule has 0 atom stereocenters. The summed E-state index contributed by atoms with van der Waals surface area (Å²) < 4.78 is 9.06. The van der Waals surface area contributed by atoms with Crippen LogP contribution in [0.4, 0.5) is 22.1 Å². The minimum Gasteiger partial charge on any atom is -0.373 e. The second kappa shape index (κ2) is 19.3. The average molecular weight is 756 g/mol. The van der Waals surface area contributed by atoms with Gasteiger partial charge in [-0.25, -0.2) is 0 Å². The van der Waals surface area contributed by atoms with Gasteiger partial charge in [0.25, 0.3) is 23.6 Å². The van der Waals surface area contributed by atoms with E-state index in [0.29, 0.717) is 46.5 Å². The summed E-state index contributed by atoms with van der Waals surface area (Å²) in [5.74, 6) is -1.58. The van der Waals surface area contributed by atoms with Gasteiger partial charge in [-0.15, -0.1) is 0 Å². The number of hydrogen-bond donors (Lipinski definition) is 6. The summed E-state index contributed by atoms with van der Waals surface area (Å²) >= 11 is 7.59. The molecule has 282 valence electrons. The molecule has 52 heavy (non-hydrogen) atoms. The smallest absolute Gasteiger partial charge is 0.277 e. The van der Waals surface area contributed by atoms with Crippen molar-refractivity contribution in [2.75, 3.05) is 68.1 Å². The van der Waals surface area contributed by atoms with E-state index in [2.05, 4.69) is 43.2 Å². The molecule has 4 aromatic heterocycles. The van der Waals surface area contributed by atoms with E-state index in [-0.39, 0.29) is 22.3 Å². The number of amides is 4. The van der Waals surface area contributed by atoms with Gasteiger partial charge >= 0.3 is 0 Å². The summed E-state index contributed by atoms with van der Waals surface area (Å²) in [6.07, 6.45) is 10.5. The molecule has 0 saturated heterocycles. The van der Waals surface area contributed by atoms with Gasteiger partial charge in [-0.05, 0) is 69.8 Å². The second-order valence-corrected chi connectivity index (χ2v) is 14.0. The van der Waals surface area contributed by atoms with Gasteiger partial charge in [-0.2, -0.15) is 4.37 Å². The van der Waals surface area contributed by atoms with Gasteiger partial charge in [0.15, 0.2) is 5.69 Å². The van der Waals surface area contributed by atoms with Crippen molar-refractivity contribution < 1.29 is 19.2 Å². The number of carbonyl (C=O) groups excluding carboxylic acids is 4. The van der Waals surface area contributed by atoms with Crippen LogP contribution in [0, 0.1) is 0 Å². The molecule has 0 aliphatic heterocycles. The molecular weight excluding hydrogens is 706 g/mol. The van der Waals surface area contributed by atoms with Gasteiger partial charge in [0.1, 0.15) is 27.1 Å². The molecule has 0 aliphatic carbocycles. The molecule has 0 saturated carbocycles. The molecule has 0 unspecified atom stereocenters. The fourth-order valence-electron chi connectivity index (χ4n) is 5.44. The van der Waals surface area contributed by atoms with E-state index in [1.807, 2.05) is 19.0 Å². The summed E-state index contributed by atoms with van der Waals surface area (Å²) in [4.78, 5) is 54.1. The van der Waals surface area contributed by atoms with Crippen molar-refractivity contribution in [3.63, 3.8) is 0 Å². The van der Waals surface area contributed by atoms with Gasteiger partial charge in [0.2, 0.25) is 0 Å². The molecule has 0 fully saturated rings. The highest BCUT2D eigenvalue weighted by Gasteiger charge is 2.22. The minimum absolute atomic E-state index is 0.0947. The van der Waals surface area contributed by atoms with Crippen LogP contribution in [0.3, 0.4) is 0 Å². The maximum Gasteiger partial charge on any atom is 0.277 e. The van der Waals surface area contributed by atoms with Gasteiger partial charge < -0.3 is 50.5 Å². The minimum atomic E-state index is -0.495. The highest BCUT2D eigenvalue weighted by atomic mass is 35.5. The first kappa shape index (κ1) is 40.1. The maximum atomic E-state index is 13.2. The number of unbranched alkanes of at least 4 members (excludes halogenated alkanes) is 3. The molecular formula is C35H50ClN11O4S. The van der Waals surface area contributed by atoms with Crippen molar-refractivity contribution >= 4 is 68.8 Å². The molecule has 0 aromatic carbocycles. The van der Waals surface area contributed by atoms with Gasteiger partial charge in [-0.3, -0.25) is 19.2 Å². The summed E-state index contributed by atoms with van der Waals surface area (Å²) in [6, 6.07) is 4.71. The molecule has 4 amide bonds. The summed E-state index contributed by atoms with van der Waals surface area (Å²) in [5.41, 5.74) is 2.33. The van der Waals surface area contributed by atoms with E-state index in [1.165, 1.54) is 19.3 Å². The fraction of sp³-hybridized carbons (Fsp3) is 0.457. The van der Waals surface area contributed by atoms with E-state index in [9.17, 15) is 19.2 Å². The van der Waals surface area contributed by atoms with Crippen LogP contribution in [0.15, 0.2) is 36.8 Å². The average Bonchev–Trinajstić information content (AvgIpc) is 3.85. The number of nitrogens with zero attached hydrogens (tertiary/aromatic N) is 5. The number of carbonyl (C=O) groups is 4. The molecule has 6 N–H and O–H groups in total. The quantitative estimate of drug-likeness (QED) is 0.0697.